The molecule has 0 bridgehead atoms. The van der Waals surface area contributed by atoms with Crippen molar-refractivity contribution in [2.75, 3.05) is 0 Å². The molecule has 0 aromatic heterocycles. The van der Waals surface area contributed by atoms with Gasteiger partial charge in [0.1, 0.15) is 0 Å². The molecule has 0 heterocycles. The Hall–Kier alpha value is -0.603. The summed E-state index contributed by atoms with van der Waals surface area (Å²) in [6, 6.07) is 9.11. The highest BCUT2D eigenvalue weighted by Gasteiger charge is 2.41. The molecule has 118 valence electrons. The second-order valence-corrected chi connectivity index (χ2v) is 13.0. The molecule has 0 saturated heterocycles. The zero-order chi connectivity index (χ0) is 15.7. The van der Waals surface area contributed by atoms with Crippen LogP contribution in [0, 0.1) is 6.92 Å². The van der Waals surface area contributed by atoms with E-state index in [1.165, 1.54) is 36.8 Å². The zero-order valence-corrected chi connectivity index (χ0v) is 15.7. The fraction of sp³-hybridized carbons (Fsp3) is 0.684. The Bertz CT molecular complexity index is 455. The summed E-state index contributed by atoms with van der Waals surface area (Å²) in [4.78, 5) is 0. The number of hydrogen-bond acceptors (Lipinski definition) is 1. The Balaban J connectivity index is 2.18. The highest BCUT2D eigenvalue weighted by Crippen LogP contribution is 2.42. The van der Waals surface area contributed by atoms with Crippen molar-refractivity contribution >= 4 is 8.32 Å². The fourth-order valence-corrected chi connectivity index (χ4v) is 4.38. The van der Waals surface area contributed by atoms with Gasteiger partial charge >= 0.3 is 0 Å². The lowest BCUT2D eigenvalue weighted by Crippen LogP contribution is -2.46. The van der Waals surface area contributed by atoms with Crippen molar-refractivity contribution < 1.29 is 4.43 Å². The van der Waals surface area contributed by atoms with Crippen LogP contribution in [-0.2, 0) is 4.43 Å². The van der Waals surface area contributed by atoms with Gasteiger partial charge in [-0.15, -0.1) is 0 Å². The van der Waals surface area contributed by atoms with E-state index in [2.05, 4.69) is 65.1 Å². The molecule has 0 unspecified atom stereocenters. The van der Waals surface area contributed by atoms with Crippen molar-refractivity contribution in [3.8, 4) is 0 Å². The number of aryl methyl sites for hydroxylation is 1. The van der Waals surface area contributed by atoms with Crippen LogP contribution in [0.5, 0.6) is 0 Å². The second-order valence-electron chi connectivity index (χ2n) is 8.22. The Kier molecular flexibility index (Phi) is 4.99. The van der Waals surface area contributed by atoms with E-state index in [0.717, 1.165) is 0 Å². The van der Waals surface area contributed by atoms with Crippen LogP contribution in [0.15, 0.2) is 24.3 Å². The largest absolute Gasteiger partial charge is 0.413 e. The highest BCUT2D eigenvalue weighted by atomic mass is 28.4. The third-order valence-electron chi connectivity index (χ3n) is 5.46. The summed E-state index contributed by atoms with van der Waals surface area (Å²) in [5.41, 5.74) is 2.82. The van der Waals surface area contributed by atoms with Crippen molar-refractivity contribution in [1.29, 1.82) is 0 Å². The van der Waals surface area contributed by atoms with Crippen LogP contribution in [0.1, 0.15) is 63.5 Å². The average molecular weight is 305 g/mol. The summed E-state index contributed by atoms with van der Waals surface area (Å²) in [6.07, 6.45) is 5.59. The molecule has 1 saturated carbocycles. The fourth-order valence-electron chi connectivity index (χ4n) is 2.99. The number of hydrogen-bond donors (Lipinski definition) is 0. The molecule has 2 rings (SSSR count). The minimum atomic E-state index is -1.68. The van der Waals surface area contributed by atoms with Gasteiger partial charge in [0.15, 0.2) is 8.32 Å². The van der Waals surface area contributed by atoms with Crippen LogP contribution in [-0.4, -0.2) is 14.4 Å². The lowest BCUT2D eigenvalue weighted by molar-refractivity contribution is 0.114. The van der Waals surface area contributed by atoms with E-state index >= 15 is 0 Å². The number of rotatable bonds is 3. The van der Waals surface area contributed by atoms with Gasteiger partial charge in [-0.1, -0.05) is 63.4 Å². The van der Waals surface area contributed by atoms with E-state index in [-0.39, 0.29) is 0 Å². The summed E-state index contributed by atoms with van der Waals surface area (Å²) < 4.78 is 6.78. The summed E-state index contributed by atoms with van der Waals surface area (Å²) in [5.74, 6) is 0.591. The lowest BCUT2D eigenvalue weighted by atomic mass is 9.81. The SMILES string of the molecule is Cc1ccc([C@@H]2CCCC[C@H]2O[Si](C)(C)C(C)(C)C)cc1. The van der Waals surface area contributed by atoms with Crippen LogP contribution in [0.4, 0.5) is 0 Å². The smallest absolute Gasteiger partial charge is 0.192 e. The minimum Gasteiger partial charge on any atom is -0.413 e. The zero-order valence-electron chi connectivity index (χ0n) is 14.7. The van der Waals surface area contributed by atoms with Crippen LogP contribution in [0.3, 0.4) is 0 Å². The number of benzene rings is 1. The van der Waals surface area contributed by atoms with E-state index in [4.69, 9.17) is 4.43 Å². The van der Waals surface area contributed by atoms with Crippen LogP contribution >= 0.6 is 0 Å². The van der Waals surface area contributed by atoms with Crippen LogP contribution in [0.25, 0.3) is 0 Å². The average Bonchev–Trinajstić information content (AvgIpc) is 2.39. The van der Waals surface area contributed by atoms with Gasteiger partial charge in [-0.3, -0.25) is 0 Å². The molecule has 1 fully saturated rings. The van der Waals surface area contributed by atoms with Crippen molar-refractivity contribution in [2.45, 2.75) is 83.5 Å². The maximum atomic E-state index is 6.78. The van der Waals surface area contributed by atoms with Gasteiger partial charge in [0.05, 0.1) is 6.10 Å². The van der Waals surface area contributed by atoms with Gasteiger partial charge in [0, 0.05) is 5.92 Å². The standard InChI is InChI=1S/C19H32OSi/c1-15-11-13-16(14-12-15)17-9-7-8-10-18(17)20-21(5,6)19(2,3)4/h11-14,17-18H,7-10H2,1-6H3/t17-,18+/m0/s1. The first-order chi connectivity index (χ1) is 9.71. The molecule has 0 aliphatic heterocycles. The van der Waals surface area contributed by atoms with Gasteiger partial charge < -0.3 is 4.43 Å². The highest BCUT2D eigenvalue weighted by molar-refractivity contribution is 6.74. The first kappa shape index (κ1) is 16.8. The predicted molar refractivity (Wildman–Crippen MR) is 94.5 cm³/mol. The molecule has 1 aromatic carbocycles. The molecule has 2 atom stereocenters. The Morgan fingerprint density at radius 3 is 2.14 bits per heavy atom. The first-order valence-electron chi connectivity index (χ1n) is 8.45. The second kappa shape index (κ2) is 6.25. The van der Waals surface area contributed by atoms with Crippen molar-refractivity contribution in [1.82, 2.24) is 0 Å². The summed E-state index contributed by atoms with van der Waals surface area (Å²) >= 11 is 0. The maximum absolute atomic E-state index is 6.78. The molecule has 1 nitrogen and oxygen atoms in total. The summed E-state index contributed by atoms with van der Waals surface area (Å²) in [7, 11) is -1.68. The van der Waals surface area contributed by atoms with Gasteiger partial charge in [-0.25, -0.2) is 0 Å². The van der Waals surface area contributed by atoms with Gasteiger partial charge in [0.2, 0.25) is 0 Å². The summed E-state index contributed by atoms with van der Waals surface area (Å²) in [6.45, 7) is 13.9. The van der Waals surface area contributed by atoms with Crippen LogP contribution in [0.2, 0.25) is 18.1 Å². The van der Waals surface area contributed by atoms with E-state index in [0.29, 0.717) is 17.1 Å². The third kappa shape index (κ3) is 3.98. The quantitative estimate of drug-likeness (QED) is 0.618. The molecular formula is C19H32OSi. The minimum absolute atomic E-state index is 0.294. The Labute approximate surface area is 132 Å². The Morgan fingerprint density at radius 2 is 1.57 bits per heavy atom. The molecule has 21 heavy (non-hydrogen) atoms. The Morgan fingerprint density at radius 1 is 1.00 bits per heavy atom. The molecule has 1 aliphatic carbocycles. The normalized spacial score (nSPS) is 24.1. The molecule has 0 amide bonds. The topological polar surface area (TPSA) is 9.23 Å². The van der Waals surface area contributed by atoms with Gasteiger partial charge in [0.25, 0.3) is 0 Å². The lowest BCUT2D eigenvalue weighted by Gasteiger charge is -2.43. The monoisotopic (exact) mass is 304 g/mol. The first-order valence-corrected chi connectivity index (χ1v) is 11.4. The van der Waals surface area contributed by atoms with E-state index in [1.54, 1.807) is 0 Å². The molecule has 0 spiro atoms. The van der Waals surface area contributed by atoms with E-state index in [9.17, 15) is 0 Å². The third-order valence-corrected chi connectivity index (χ3v) is 9.96. The molecule has 2 heteroatoms. The van der Waals surface area contributed by atoms with E-state index < -0.39 is 8.32 Å². The van der Waals surface area contributed by atoms with Crippen molar-refractivity contribution in [2.24, 2.45) is 0 Å². The summed E-state index contributed by atoms with van der Waals surface area (Å²) in [5, 5.41) is 0.294. The molecule has 0 radical (unpaired) electrons. The van der Waals surface area contributed by atoms with E-state index in [1.807, 2.05) is 0 Å². The molecular weight excluding hydrogens is 272 g/mol. The van der Waals surface area contributed by atoms with Crippen molar-refractivity contribution in [3.05, 3.63) is 35.4 Å². The molecule has 1 aliphatic rings. The maximum Gasteiger partial charge on any atom is 0.192 e. The predicted octanol–water partition coefficient (Wildman–Crippen LogP) is 6.04. The van der Waals surface area contributed by atoms with Gasteiger partial charge in [-0.05, 0) is 43.5 Å². The van der Waals surface area contributed by atoms with Gasteiger partial charge in [-0.2, -0.15) is 0 Å². The molecule has 0 N–H and O–H groups in total. The van der Waals surface area contributed by atoms with Crippen LogP contribution < -0.4 is 0 Å². The van der Waals surface area contributed by atoms with Crippen molar-refractivity contribution in [3.63, 3.8) is 0 Å². The molecule has 1 aromatic rings.